The third-order valence-corrected chi connectivity index (χ3v) is 6.05. The molecule has 8 nitrogen and oxygen atoms in total. The van der Waals surface area contributed by atoms with Crippen molar-refractivity contribution >= 4 is 42.0 Å². The van der Waals surface area contributed by atoms with E-state index >= 15 is 0 Å². The number of rotatable bonds is 4. The summed E-state index contributed by atoms with van der Waals surface area (Å²) in [6, 6.07) is 7.04. The van der Waals surface area contributed by atoms with Gasteiger partial charge in [0, 0.05) is 29.5 Å². The number of allylic oxidation sites excluding steroid dienone is 1. The molecule has 1 aromatic carbocycles. The van der Waals surface area contributed by atoms with Crippen molar-refractivity contribution in [2.75, 3.05) is 0 Å². The lowest BCUT2D eigenvalue weighted by atomic mass is 10.2. The molecule has 1 amide bonds. The van der Waals surface area contributed by atoms with E-state index in [1.54, 1.807) is 12.1 Å². The summed E-state index contributed by atoms with van der Waals surface area (Å²) in [5.41, 5.74) is -2.83. The zero-order valence-electron chi connectivity index (χ0n) is 15.0. The van der Waals surface area contributed by atoms with Gasteiger partial charge in [0.25, 0.3) is 11.5 Å². The van der Waals surface area contributed by atoms with Crippen LogP contribution in [-0.4, -0.2) is 19.0 Å². The fourth-order valence-electron chi connectivity index (χ4n) is 2.41. The predicted molar refractivity (Wildman–Crippen MR) is 111 cm³/mol. The predicted octanol–water partition coefficient (Wildman–Crippen LogP) is 3.22. The van der Waals surface area contributed by atoms with E-state index in [0.717, 1.165) is 16.7 Å². The molecule has 13 heteroatoms. The van der Waals surface area contributed by atoms with Crippen molar-refractivity contribution in [1.82, 2.24) is 13.1 Å². The number of nitrogens with zero attached hydrogens (tertiary/aromatic N) is 4. The lowest BCUT2D eigenvalue weighted by molar-refractivity contribution is -0.142. The minimum Gasteiger partial charge on any atom is -0.449 e. The number of nitriles is 2. The second-order valence-corrected chi connectivity index (χ2v) is 8.78. The number of ether oxygens (including phenoxy) is 1. The van der Waals surface area contributed by atoms with Gasteiger partial charge in [0.1, 0.15) is 17.4 Å². The molecule has 31 heavy (non-hydrogen) atoms. The molecule has 2 aromatic rings. The highest BCUT2D eigenvalue weighted by atomic mass is 127. The van der Waals surface area contributed by atoms with E-state index in [2.05, 4.69) is 8.51 Å². The van der Waals surface area contributed by atoms with Crippen LogP contribution in [0.2, 0.25) is 5.02 Å². The fourth-order valence-corrected chi connectivity index (χ4v) is 4.52. The first-order valence-corrected chi connectivity index (χ1v) is 10.6. The van der Waals surface area contributed by atoms with Gasteiger partial charge >= 0.3 is 6.18 Å². The largest absolute Gasteiger partial charge is 0.449 e. The van der Waals surface area contributed by atoms with Gasteiger partial charge in [-0.2, -0.15) is 23.7 Å². The molecule has 0 bridgehead atoms. The summed E-state index contributed by atoms with van der Waals surface area (Å²) in [7, 11) is 0. The van der Waals surface area contributed by atoms with Gasteiger partial charge < -0.3 is 4.74 Å². The van der Waals surface area contributed by atoms with Gasteiger partial charge in [-0.25, -0.2) is 4.98 Å². The highest BCUT2D eigenvalue weighted by Gasteiger charge is 2.39. The average molecular weight is 562 g/mol. The van der Waals surface area contributed by atoms with Crippen LogP contribution in [0.25, 0.3) is 0 Å². The molecule has 3 rings (SSSR count). The van der Waals surface area contributed by atoms with Crippen molar-refractivity contribution in [3.63, 3.8) is 0 Å². The van der Waals surface area contributed by atoms with Crippen LogP contribution in [0.1, 0.15) is 11.3 Å². The van der Waals surface area contributed by atoms with Crippen LogP contribution < -0.4 is 13.8 Å². The Morgan fingerprint density at radius 3 is 2.61 bits per heavy atom. The molecule has 1 N–H and O–H groups in total. The van der Waals surface area contributed by atoms with Gasteiger partial charge in [-0.1, -0.05) is 11.6 Å². The molecule has 2 heterocycles. The minimum absolute atomic E-state index is 0.0210. The Kier molecular flexibility index (Phi) is 6.42. The molecule has 0 atom stereocenters. The number of hydrogen-bond donors (Lipinski definition) is 1. The molecule has 1 aliphatic rings. The van der Waals surface area contributed by atoms with Crippen LogP contribution in [0.4, 0.5) is 13.2 Å². The third kappa shape index (κ3) is 5.10. The van der Waals surface area contributed by atoms with Gasteiger partial charge in [0.15, 0.2) is 5.69 Å². The summed E-state index contributed by atoms with van der Waals surface area (Å²) in [5.74, 6) is -1.89. The highest BCUT2D eigenvalue weighted by Crippen LogP contribution is 2.35. The number of hydrogen-bond acceptors (Lipinski definition) is 6. The highest BCUT2D eigenvalue weighted by molar-refractivity contribution is 14.2. The summed E-state index contributed by atoms with van der Waals surface area (Å²) in [6.45, 7) is -0.196. The molecule has 0 unspecified atom stereocenters. The van der Waals surface area contributed by atoms with Gasteiger partial charge in [-0.05, 0) is 24.3 Å². The number of aromatic nitrogens is 2. The van der Waals surface area contributed by atoms with E-state index in [1.807, 2.05) is 0 Å². The maximum absolute atomic E-state index is 13.4. The van der Waals surface area contributed by atoms with Gasteiger partial charge in [-0.3, -0.25) is 17.7 Å². The Balaban J connectivity index is 2.06. The minimum atomic E-state index is -4.99. The van der Waals surface area contributed by atoms with E-state index < -0.39 is 50.1 Å². The number of halogens is 5. The van der Waals surface area contributed by atoms with E-state index in [1.165, 1.54) is 12.1 Å². The molecule has 0 aliphatic carbocycles. The summed E-state index contributed by atoms with van der Waals surface area (Å²) >= 11 is 4.77. The average Bonchev–Trinajstić information content (AvgIpc) is 2.70. The van der Waals surface area contributed by atoms with Crippen LogP contribution in [0, 0.1) is 22.7 Å². The quantitative estimate of drug-likeness (QED) is 0.452. The number of benzene rings is 1. The number of carbonyl (C=O) groups excluding carboxylic acids is 1. The summed E-state index contributed by atoms with van der Waals surface area (Å²) in [4.78, 5) is 27.7. The Morgan fingerprint density at radius 2 is 1.97 bits per heavy atom. The molecule has 1 aliphatic heterocycles. The summed E-state index contributed by atoms with van der Waals surface area (Å²) in [5, 5.41) is 18.0. The SMILES string of the molecule is N#CC1=CC(Cn2cnc(C(F)(F)F)c(Oc3cc(Cl)cc(C#N)c3)c2=O)=INC1=O. The van der Waals surface area contributed by atoms with Crippen molar-refractivity contribution in [3.8, 4) is 23.6 Å². The molecule has 0 radical (unpaired) electrons. The fraction of sp³-hybridized carbons (Fsp3) is 0.111. The Bertz CT molecular complexity index is 1290. The van der Waals surface area contributed by atoms with Crippen molar-refractivity contribution in [3.05, 3.63) is 62.8 Å². The van der Waals surface area contributed by atoms with E-state index in [9.17, 15) is 22.8 Å². The zero-order valence-corrected chi connectivity index (χ0v) is 17.9. The lowest BCUT2D eigenvalue weighted by Gasteiger charge is -2.16. The van der Waals surface area contributed by atoms with E-state index in [4.69, 9.17) is 26.9 Å². The molecule has 0 saturated heterocycles. The van der Waals surface area contributed by atoms with Gasteiger partial charge in [-0.15, -0.1) is 0 Å². The molecular formula is C18H8ClF3IN5O3. The standard InChI is InChI=1S/C18H8ClF3IN5O3/c19-11-1-9(5-24)2-13(4-11)31-14-15(18(20,21)22)26-8-28(17(14)30)7-12-3-10(6-25)16(29)27-23-12/h1-4,8H,7H2,(H,27,29). The van der Waals surface area contributed by atoms with Gasteiger partial charge in [0.05, 0.1) is 24.5 Å². The second-order valence-electron chi connectivity index (χ2n) is 5.88. The normalized spacial score (nSPS) is 13.7. The summed E-state index contributed by atoms with van der Waals surface area (Å²) in [6.07, 6.45) is -2.98. The third-order valence-electron chi connectivity index (χ3n) is 3.73. The molecular weight excluding hydrogens is 554 g/mol. The van der Waals surface area contributed by atoms with Crippen molar-refractivity contribution < 1.29 is 22.7 Å². The first-order chi connectivity index (χ1) is 14.6. The number of alkyl halides is 3. The summed E-state index contributed by atoms with van der Waals surface area (Å²) < 4.78 is 49.4. The first-order valence-electron chi connectivity index (χ1n) is 8.09. The van der Waals surface area contributed by atoms with E-state index in [0.29, 0.717) is 9.84 Å². The maximum Gasteiger partial charge on any atom is 0.437 e. The molecule has 0 spiro atoms. The molecule has 0 fully saturated rings. The van der Waals surface area contributed by atoms with Crippen molar-refractivity contribution in [1.29, 1.82) is 10.5 Å². The topological polar surface area (TPSA) is 121 Å². The number of carbonyl (C=O) groups is 1. The molecule has 158 valence electrons. The monoisotopic (exact) mass is 561 g/mol. The first kappa shape index (κ1) is 22.5. The Hall–Kier alpha value is -3.23. The maximum atomic E-state index is 13.4. The van der Waals surface area contributed by atoms with Crippen LogP contribution in [0.3, 0.4) is 0 Å². The van der Waals surface area contributed by atoms with Crippen LogP contribution in [0.5, 0.6) is 11.5 Å². The number of nitrogens with one attached hydrogen (secondary N) is 1. The van der Waals surface area contributed by atoms with Crippen LogP contribution in [0.15, 0.2) is 41.0 Å². The van der Waals surface area contributed by atoms with Crippen molar-refractivity contribution in [2.45, 2.75) is 12.7 Å². The van der Waals surface area contributed by atoms with Gasteiger partial charge in [0.2, 0.25) is 5.75 Å². The zero-order chi connectivity index (χ0) is 22.8. The Morgan fingerprint density at radius 1 is 1.23 bits per heavy atom. The molecule has 1 aromatic heterocycles. The Labute approximate surface area is 187 Å². The van der Waals surface area contributed by atoms with Crippen molar-refractivity contribution in [2.24, 2.45) is 0 Å². The van der Waals surface area contributed by atoms with Crippen LogP contribution in [-0.2, 0) is 17.5 Å². The van der Waals surface area contributed by atoms with Crippen LogP contribution >= 0.6 is 32.6 Å². The molecule has 0 saturated carbocycles. The smallest absolute Gasteiger partial charge is 0.437 e. The van der Waals surface area contributed by atoms with E-state index in [-0.39, 0.29) is 28.5 Å². The second kappa shape index (κ2) is 8.87. The lowest BCUT2D eigenvalue weighted by Crippen LogP contribution is -2.29. The number of amides is 1.